The number of rotatable bonds is 14. The van der Waals surface area contributed by atoms with E-state index < -0.39 is 11.9 Å². The molecule has 0 amide bonds. The van der Waals surface area contributed by atoms with Gasteiger partial charge in [0.05, 0.1) is 11.1 Å². The number of unbranched alkanes of at least 4 members (excludes halogenated alkanes) is 8. The minimum Gasteiger partial charge on any atom is -0.478 e. The first-order valence-electron chi connectivity index (χ1n) is 10.1. The van der Waals surface area contributed by atoms with Crippen molar-refractivity contribution in [2.45, 2.75) is 90.9 Å². The van der Waals surface area contributed by atoms with Crippen molar-refractivity contribution in [3.05, 3.63) is 34.4 Å². The summed E-state index contributed by atoms with van der Waals surface area (Å²) >= 11 is 0. The molecule has 4 heteroatoms. The number of carbonyl (C=O) groups is 2. The molecule has 0 unspecified atom stereocenters. The molecular weight excluding hydrogens is 328 g/mol. The fraction of sp³-hybridized carbons (Fsp3) is 0.636. The van der Waals surface area contributed by atoms with Gasteiger partial charge in [0.1, 0.15) is 0 Å². The molecule has 146 valence electrons. The topological polar surface area (TPSA) is 74.6 Å². The molecule has 0 saturated carbocycles. The molecule has 1 aromatic carbocycles. The maximum atomic E-state index is 11.7. The van der Waals surface area contributed by atoms with Crippen LogP contribution in [-0.2, 0) is 12.8 Å². The lowest BCUT2D eigenvalue weighted by Crippen LogP contribution is -2.12. The SMILES string of the molecule is CCCCCCCc1c(C(=O)O)ccc(C(=O)O)c1CCCCCCC. The lowest BCUT2D eigenvalue weighted by Gasteiger charge is -2.16. The van der Waals surface area contributed by atoms with Gasteiger partial charge in [0.25, 0.3) is 0 Å². The van der Waals surface area contributed by atoms with Crippen LogP contribution in [-0.4, -0.2) is 22.2 Å². The number of carboxylic acid groups (broad SMARTS) is 2. The Bertz CT molecular complexity index is 527. The van der Waals surface area contributed by atoms with E-state index in [1.165, 1.54) is 25.0 Å². The molecule has 0 aliphatic rings. The lowest BCUT2D eigenvalue weighted by molar-refractivity contribution is 0.0679. The highest BCUT2D eigenvalue weighted by molar-refractivity contribution is 5.95. The summed E-state index contributed by atoms with van der Waals surface area (Å²) in [5.74, 6) is -1.92. The zero-order chi connectivity index (χ0) is 19.4. The zero-order valence-corrected chi connectivity index (χ0v) is 16.4. The van der Waals surface area contributed by atoms with Crippen LogP contribution < -0.4 is 0 Å². The fourth-order valence-electron chi connectivity index (χ4n) is 3.48. The van der Waals surface area contributed by atoms with Crippen LogP contribution in [0.3, 0.4) is 0 Å². The second-order valence-corrected chi connectivity index (χ2v) is 7.06. The van der Waals surface area contributed by atoms with E-state index in [1.807, 2.05) is 0 Å². The number of benzene rings is 1. The summed E-state index contributed by atoms with van der Waals surface area (Å²) in [7, 11) is 0. The summed E-state index contributed by atoms with van der Waals surface area (Å²) in [5.41, 5.74) is 2.02. The Hall–Kier alpha value is -1.84. The molecule has 0 aromatic heterocycles. The van der Waals surface area contributed by atoms with Gasteiger partial charge in [-0.2, -0.15) is 0 Å². The van der Waals surface area contributed by atoms with Crippen molar-refractivity contribution < 1.29 is 19.8 Å². The van der Waals surface area contributed by atoms with Crippen molar-refractivity contribution in [2.24, 2.45) is 0 Å². The van der Waals surface area contributed by atoms with Crippen molar-refractivity contribution in [1.82, 2.24) is 0 Å². The van der Waals surface area contributed by atoms with E-state index in [2.05, 4.69) is 13.8 Å². The highest BCUT2D eigenvalue weighted by Crippen LogP contribution is 2.25. The largest absolute Gasteiger partial charge is 0.478 e. The van der Waals surface area contributed by atoms with Crippen molar-refractivity contribution in [3.8, 4) is 0 Å². The van der Waals surface area contributed by atoms with Gasteiger partial charge in [-0.05, 0) is 48.9 Å². The molecule has 26 heavy (non-hydrogen) atoms. The molecule has 0 atom stereocenters. The van der Waals surface area contributed by atoms with Crippen LogP contribution in [0, 0.1) is 0 Å². The maximum Gasteiger partial charge on any atom is 0.335 e. The van der Waals surface area contributed by atoms with Crippen LogP contribution in [0.1, 0.15) is 110 Å². The van der Waals surface area contributed by atoms with E-state index in [0.29, 0.717) is 12.8 Å². The van der Waals surface area contributed by atoms with Crippen molar-refractivity contribution in [3.63, 3.8) is 0 Å². The Labute approximate surface area is 157 Å². The first kappa shape index (κ1) is 22.2. The summed E-state index contributed by atoms with van der Waals surface area (Å²) in [6, 6.07) is 2.93. The third-order valence-electron chi connectivity index (χ3n) is 4.95. The van der Waals surface area contributed by atoms with Gasteiger partial charge in [0, 0.05) is 0 Å². The van der Waals surface area contributed by atoms with Crippen LogP contribution in [0.2, 0.25) is 0 Å². The van der Waals surface area contributed by atoms with E-state index in [-0.39, 0.29) is 11.1 Å². The molecule has 4 nitrogen and oxygen atoms in total. The van der Waals surface area contributed by atoms with Crippen LogP contribution >= 0.6 is 0 Å². The smallest absolute Gasteiger partial charge is 0.335 e. The van der Waals surface area contributed by atoms with Gasteiger partial charge in [0.2, 0.25) is 0 Å². The third kappa shape index (κ3) is 7.19. The predicted octanol–water partition coefficient (Wildman–Crippen LogP) is 6.11. The molecule has 0 fully saturated rings. The average molecular weight is 363 g/mol. The number of carboxylic acids is 2. The van der Waals surface area contributed by atoms with Crippen molar-refractivity contribution in [1.29, 1.82) is 0 Å². The van der Waals surface area contributed by atoms with Gasteiger partial charge in [0.15, 0.2) is 0 Å². The molecule has 0 radical (unpaired) electrons. The first-order chi connectivity index (χ1) is 12.5. The van der Waals surface area contributed by atoms with Gasteiger partial charge in [-0.3, -0.25) is 0 Å². The van der Waals surface area contributed by atoms with Crippen LogP contribution in [0.15, 0.2) is 12.1 Å². The van der Waals surface area contributed by atoms with Crippen molar-refractivity contribution in [2.75, 3.05) is 0 Å². The van der Waals surface area contributed by atoms with E-state index in [1.54, 1.807) is 0 Å². The average Bonchev–Trinajstić information content (AvgIpc) is 2.61. The summed E-state index contributed by atoms with van der Waals surface area (Å²) in [5, 5.41) is 19.1. The van der Waals surface area contributed by atoms with E-state index >= 15 is 0 Å². The summed E-state index contributed by atoms with van der Waals surface area (Å²) < 4.78 is 0. The lowest BCUT2D eigenvalue weighted by atomic mass is 9.88. The quantitative estimate of drug-likeness (QED) is 0.392. The van der Waals surface area contributed by atoms with Gasteiger partial charge in [-0.1, -0.05) is 65.2 Å². The molecule has 0 bridgehead atoms. The molecule has 0 saturated heterocycles. The minimum atomic E-state index is -0.960. The van der Waals surface area contributed by atoms with Crippen LogP contribution in [0.5, 0.6) is 0 Å². The first-order valence-corrected chi connectivity index (χ1v) is 10.1. The van der Waals surface area contributed by atoms with Gasteiger partial charge in [-0.15, -0.1) is 0 Å². The normalized spacial score (nSPS) is 10.8. The second kappa shape index (κ2) is 12.5. The van der Waals surface area contributed by atoms with Gasteiger partial charge >= 0.3 is 11.9 Å². The highest BCUT2D eigenvalue weighted by atomic mass is 16.4. The summed E-state index contributed by atoms with van der Waals surface area (Å²) in [4.78, 5) is 23.3. The number of hydrogen-bond acceptors (Lipinski definition) is 2. The maximum absolute atomic E-state index is 11.7. The van der Waals surface area contributed by atoms with Crippen LogP contribution in [0.25, 0.3) is 0 Å². The van der Waals surface area contributed by atoms with Gasteiger partial charge in [-0.25, -0.2) is 9.59 Å². The standard InChI is InChI=1S/C22H34O4/c1-3-5-7-9-11-13-17-18(14-12-10-8-6-4-2)20(22(25)26)16-15-19(17)21(23)24/h15-16H,3-14H2,1-2H3,(H,23,24)(H,25,26). The fourth-order valence-corrected chi connectivity index (χ4v) is 3.48. The molecule has 0 heterocycles. The van der Waals surface area contributed by atoms with E-state index in [4.69, 9.17) is 0 Å². The second-order valence-electron chi connectivity index (χ2n) is 7.06. The zero-order valence-electron chi connectivity index (χ0n) is 16.4. The monoisotopic (exact) mass is 362 g/mol. The minimum absolute atomic E-state index is 0.272. The Morgan fingerprint density at radius 1 is 0.654 bits per heavy atom. The van der Waals surface area contributed by atoms with Crippen molar-refractivity contribution >= 4 is 11.9 Å². The molecule has 1 rings (SSSR count). The van der Waals surface area contributed by atoms with E-state index in [9.17, 15) is 19.8 Å². The molecule has 0 spiro atoms. The van der Waals surface area contributed by atoms with Gasteiger partial charge < -0.3 is 10.2 Å². The number of hydrogen-bond donors (Lipinski definition) is 2. The Kier molecular flexibility index (Phi) is 10.7. The summed E-state index contributed by atoms with van der Waals surface area (Å²) in [6.07, 6.45) is 12.2. The molecule has 0 aliphatic carbocycles. The predicted molar refractivity (Wildman–Crippen MR) is 105 cm³/mol. The third-order valence-corrected chi connectivity index (χ3v) is 4.95. The molecule has 0 aliphatic heterocycles. The molecule has 2 N–H and O–H groups in total. The Morgan fingerprint density at radius 2 is 1.00 bits per heavy atom. The Balaban J connectivity index is 2.99. The molecule has 1 aromatic rings. The Morgan fingerprint density at radius 3 is 1.31 bits per heavy atom. The van der Waals surface area contributed by atoms with E-state index in [0.717, 1.165) is 62.5 Å². The highest BCUT2D eigenvalue weighted by Gasteiger charge is 2.20. The summed E-state index contributed by atoms with van der Waals surface area (Å²) in [6.45, 7) is 4.32. The number of aromatic carboxylic acids is 2. The molecular formula is C22H34O4. The van der Waals surface area contributed by atoms with Crippen LogP contribution in [0.4, 0.5) is 0 Å².